The van der Waals surface area contributed by atoms with Gasteiger partial charge in [-0.25, -0.2) is 0 Å². The van der Waals surface area contributed by atoms with Crippen LogP contribution >= 0.6 is 11.8 Å². The number of fused-ring (bicyclic) bond motifs is 1. The van der Waals surface area contributed by atoms with Crippen LogP contribution in [0.15, 0.2) is 10.6 Å². The Bertz CT molecular complexity index is 735. The van der Waals surface area contributed by atoms with Crippen molar-refractivity contribution in [2.45, 2.75) is 50.6 Å². The molecule has 3 rings (SSSR count). The van der Waals surface area contributed by atoms with Crippen molar-refractivity contribution in [3.63, 3.8) is 0 Å². The second kappa shape index (κ2) is 7.35. The van der Waals surface area contributed by atoms with Gasteiger partial charge in [-0.3, -0.25) is 9.59 Å². The molecular weight excluding hydrogens is 382 g/mol. The van der Waals surface area contributed by atoms with Crippen molar-refractivity contribution in [3.05, 3.63) is 10.6 Å². The van der Waals surface area contributed by atoms with Crippen LogP contribution in [-0.4, -0.2) is 82.9 Å². The minimum atomic E-state index is -1.36. The molecule has 0 bridgehead atoms. The minimum absolute atomic E-state index is 0.0114. The van der Waals surface area contributed by atoms with E-state index in [-0.39, 0.29) is 40.8 Å². The quantitative estimate of drug-likeness (QED) is 0.424. The summed E-state index contributed by atoms with van der Waals surface area (Å²) in [5, 5.41) is 24.7. The van der Waals surface area contributed by atoms with Crippen molar-refractivity contribution >= 4 is 29.5 Å². The highest BCUT2D eigenvalue weighted by atomic mass is 32.2. The molecule has 2 N–H and O–H groups in total. The van der Waals surface area contributed by atoms with E-state index in [0.717, 1.165) is 6.54 Å². The van der Waals surface area contributed by atoms with Crippen LogP contribution in [-0.2, 0) is 14.4 Å². The van der Waals surface area contributed by atoms with Crippen LogP contribution in [0.25, 0.3) is 0 Å². The second-order valence-corrected chi connectivity index (χ2v) is 9.94. The lowest BCUT2D eigenvalue weighted by molar-refractivity contribution is -0.892. The van der Waals surface area contributed by atoms with Crippen LogP contribution in [0.2, 0.25) is 0 Å². The summed E-state index contributed by atoms with van der Waals surface area (Å²) in [5.74, 6) is -2.47. The van der Waals surface area contributed by atoms with Gasteiger partial charge in [0, 0.05) is 23.8 Å². The molecule has 0 aromatic carbocycles. The average Bonchev–Trinajstić information content (AvgIpc) is 3.00. The van der Waals surface area contributed by atoms with Crippen LogP contribution in [0, 0.1) is 11.8 Å². The lowest BCUT2D eigenvalue weighted by Crippen LogP contribution is -2.64. The number of carbonyl (C=O) groups excluding carboxylic acids is 3. The van der Waals surface area contributed by atoms with Crippen molar-refractivity contribution in [1.29, 1.82) is 0 Å². The number of carboxylic acid groups (broad SMARTS) is 1. The SMILES string of the molecule is CCNC(=O)C1CC(SC2=C(C(=O)[O-])N3C(=O)C(C(C)O)[C@H]3C2C)C[N+]1(C)C. The Morgan fingerprint density at radius 1 is 1.43 bits per heavy atom. The van der Waals surface area contributed by atoms with Crippen molar-refractivity contribution < 1.29 is 29.1 Å². The molecule has 6 atom stereocenters. The molecule has 3 aliphatic heterocycles. The predicted molar refractivity (Wildman–Crippen MR) is 102 cm³/mol. The number of likely N-dealkylation sites (N-methyl/N-ethyl adjacent to an activating group) is 2. The van der Waals surface area contributed by atoms with E-state index < -0.39 is 18.0 Å². The van der Waals surface area contributed by atoms with Gasteiger partial charge in [0.25, 0.3) is 5.91 Å². The highest BCUT2D eigenvalue weighted by Crippen LogP contribution is 2.52. The maximum atomic E-state index is 12.4. The number of aliphatic hydroxyl groups excluding tert-OH is 1. The molecule has 156 valence electrons. The Kier molecular flexibility index (Phi) is 5.55. The number of rotatable bonds is 6. The summed E-state index contributed by atoms with van der Waals surface area (Å²) in [4.78, 5) is 38.6. The Morgan fingerprint density at radius 2 is 2.07 bits per heavy atom. The summed E-state index contributed by atoms with van der Waals surface area (Å²) < 4.78 is 0.536. The summed E-state index contributed by atoms with van der Waals surface area (Å²) in [6.45, 7) is 6.64. The van der Waals surface area contributed by atoms with Crippen LogP contribution in [0.4, 0.5) is 0 Å². The zero-order valence-electron chi connectivity index (χ0n) is 17.0. The van der Waals surface area contributed by atoms with Gasteiger partial charge in [0.2, 0.25) is 5.91 Å². The number of aliphatic hydroxyl groups is 1. The maximum absolute atomic E-state index is 12.4. The highest BCUT2D eigenvalue weighted by Gasteiger charge is 2.59. The van der Waals surface area contributed by atoms with Gasteiger partial charge < -0.3 is 29.7 Å². The topological polar surface area (TPSA) is 110 Å². The fourth-order valence-corrected chi connectivity index (χ4v) is 6.66. The summed E-state index contributed by atoms with van der Waals surface area (Å²) in [7, 11) is 4.01. The van der Waals surface area contributed by atoms with Gasteiger partial charge in [0.1, 0.15) is 0 Å². The van der Waals surface area contributed by atoms with Crippen LogP contribution in [0.5, 0.6) is 0 Å². The number of likely N-dealkylation sites (tertiary alicyclic amines) is 1. The molecule has 0 aromatic heterocycles. The van der Waals surface area contributed by atoms with Crippen molar-refractivity contribution in [2.24, 2.45) is 11.8 Å². The Balaban J connectivity index is 1.83. The third-order valence-corrected chi connectivity index (χ3v) is 7.75. The fourth-order valence-electron chi connectivity index (χ4n) is 4.91. The minimum Gasteiger partial charge on any atom is -0.543 e. The van der Waals surface area contributed by atoms with Crippen LogP contribution in [0.1, 0.15) is 27.2 Å². The molecule has 9 heteroatoms. The van der Waals surface area contributed by atoms with E-state index in [4.69, 9.17) is 0 Å². The molecule has 2 amide bonds. The van der Waals surface area contributed by atoms with Gasteiger partial charge in [-0.2, -0.15) is 0 Å². The van der Waals surface area contributed by atoms with Gasteiger partial charge in [0.05, 0.1) is 55.6 Å². The number of nitrogens with zero attached hydrogens (tertiary/aromatic N) is 2. The molecule has 2 fully saturated rings. The normalized spacial score (nSPS) is 34.9. The largest absolute Gasteiger partial charge is 0.543 e. The first-order valence-corrected chi connectivity index (χ1v) is 10.6. The van der Waals surface area contributed by atoms with E-state index in [1.165, 1.54) is 16.7 Å². The zero-order valence-corrected chi connectivity index (χ0v) is 17.8. The van der Waals surface area contributed by atoms with Gasteiger partial charge >= 0.3 is 0 Å². The zero-order chi connectivity index (χ0) is 21.0. The lowest BCUT2D eigenvalue weighted by atomic mass is 9.79. The number of carboxylic acids is 1. The molecule has 0 radical (unpaired) electrons. The molecule has 0 saturated carbocycles. The fraction of sp³-hybridized carbons (Fsp3) is 0.737. The van der Waals surface area contributed by atoms with Gasteiger partial charge in [-0.1, -0.05) is 6.92 Å². The third kappa shape index (κ3) is 3.23. The smallest absolute Gasteiger partial charge is 0.278 e. The Morgan fingerprint density at radius 3 is 2.61 bits per heavy atom. The standard InChI is InChI=1S/C19H29N3O5S/c1-6-20-17(24)12-7-11(8-22(12,4)5)28-16-9(2)14-13(10(3)23)18(25)21(14)15(16)19(26)27/h9-14,23H,6-8H2,1-5H3,(H-,20,24,26,27)/t9?,10?,11?,12?,13?,14-/m1/s1. The summed E-state index contributed by atoms with van der Waals surface area (Å²) in [6.07, 6.45) is -0.189. The Hall–Kier alpha value is -1.58. The molecule has 2 saturated heterocycles. The van der Waals surface area contributed by atoms with Crippen LogP contribution < -0.4 is 10.4 Å². The molecule has 0 aliphatic carbocycles. The predicted octanol–water partition coefficient (Wildman–Crippen LogP) is -1.11. The van der Waals surface area contributed by atoms with E-state index in [1.54, 1.807) is 6.92 Å². The molecule has 3 heterocycles. The number of carbonyl (C=O) groups is 3. The number of hydrogen-bond donors (Lipinski definition) is 2. The Labute approximate surface area is 169 Å². The molecular formula is C19H29N3O5S. The van der Waals surface area contributed by atoms with E-state index in [1.807, 2.05) is 27.9 Å². The highest BCUT2D eigenvalue weighted by molar-refractivity contribution is 8.03. The molecule has 8 nitrogen and oxygen atoms in total. The van der Waals surface area contributed by atoms with Crippen LogP contribution in [0.3, 0.4) is 0 Å². The number of hydrogen-bond acceptors (Lipinski definition) is 6. The average molecular weight is 412 g/mol. The molecule has 3 aliphatic rings. The number of quaternary nitrogens is 1. The number of nitrogens with one attached hydrogen (secondary N) is 1. The van der Waals surface area contributed by atoms with Gasteiger partial charge in [-0.05, 0) is 13.8 Å². The van der Waals surface area contributed by atoms with E-state index >= 15 is 0 Å². The number of amides is 2. The van der Waals surface area contributed by atoms with E-state index in [2.05, 4.69) is 5.32 Å². The third-order valence-electron chi connectivity index (χ3n) is 6.25. The van der Waals surface area contributed by atoms with Crippen molar-refractivity contribution in [2.75, 3.05) is 27.2 Å². The summed E-state index contributed by atoms with van der Waals surface area (Å²) in [5.41, 5.74) is -0.0591. The number of β-lactam (4-membered cyclic amide) rings is 1. The summed E-state index contributed by atoms with van der Waals surface area (Å²) >= 11 is 1.45. The van der Waals surface area contributed by atoms with E-state index in [0.29, 0.717) is 22.4 Å². The molecule has 5 unspecified atom stereocenters. The van der Waals surface area contributed by atoms with Crippen molar-refractivity contribution in [3.8, 4) is 0 Å². The van der Waals surface area contributed by atoms with E-state index in [9.17, 15) is 24.6 Å². The molecule has 28 heavy (non-hydrogen) atoms. The summed E-state index contributed by atoms with van der Waals surface area (Å²) in [6, 6.07) is -0.531. The first-order chi connectivity index (χ1) is 13.0. The number of thioether (sulfide) groups is 1. The lowest BCUT2D eigenvalue weighted by Gasteiger charge is -2.47. The molecule has 0 spiro atoms. The number of aliphatic carboxylic acids is 1. The maximum Gasteiger partial charge on any atom is 0.278 e. The second-order valence-electron chi connectivity index (χ2n) is 8.60. The van der Waals surface area contributed by atoms with Gasteiger partial charge in [-0.15, -0.1) is 11.8 Å². The van der Waals surface area contributed by atoms with Crippen molar-refractivity contribution in [1.82, 2.24) is 10.2 Å². The molecule has 0 aromatic rings. The monoisotopic (exact) mass is 411 g/mol. The van der Waals surface area contributed by atoms with Gasteiger partial charge in [0.15, 0.2) is 6.04 Å². The first kappa shape index (κ1) is 21.1. The first-order valence-electron chi connectivity index (χ1n) is 9.74.